The van der Waals surface area contributed by atoms with Crippen molar-refractivity contribution < 1.29 is 18.7 Å². The minimum Gasteiger partial charge on any atom is -0.491 e. The molecule has 3 nitrogen and oxygen atoms in total. The number of carbonyl (C=O) groups excluding carboxylic acids is 1. The summed E-state index contributed by atoms with van der Waals surface area (Å²) in [5.74, 6) is -0.627. The molecule has 0 aliphatic rings. The Morgan fingerprint density at radius 2 is 2.24 bits per heavy atom. The minimum atomic E-state index is -0.499. The Labute approximate surface area is 101 Å². The van der Waals surface area contributed by atoms with E-state index in [1.165, 1.54) is 12.1 Å². The van der Waals surface area contributed by atoms with Gasteiger partial charge in [0.15, 0.2) is 11.6 Å². The van der Waals surface area contributed by atoms with Crippen LogP contribution in [0.5, 0.6) is 5.75 Å². The molecule has 0 aliphatic carbocycles. The van der Waals surface area contributed by atoms with E-state index >= 15 is 0 Å². The lowest BCUT2D eigenvalue weighted by Crippen LogP contribution is -2.08. The van der Waals surface area contributed by atoms with Crippen LogP contribution in [0.2, 0.25) is 0 Å². The van der Waals surface area contributed by atoms with Crippen LogP contribution in [0.15, 0.2) is 18.2 Å². The molecule has 0 fully saturated rings. The first-order valence-corrected chi connectivity index (χ1v) is 5.47. The average molecular weight is 236 g/mol. The van der Waals surface area contributed by atoms with Crippen molar-refractivity contribution in [3.8, 4) is 5.75 Å². The molecular formula is C12H14BFO3. The molecule has 0 unspecified atom stereocenters. The summed E-state index contributed by atoms with van der Waals surface area (Å²) < 4.78 is 23.2. The van der Waals surface area contributed by atoms with Gasteiger partial charge in [-0.2, -0.15) is 0 Å². The molecule has 0 spiro atoms. The second kappa shape index (κ2) is 6.94. The first kappa shape index (κ1) is 13.5. The van der Waals surface area contributed by atoms with Crippen LogP contribution in [-0.4, -0.2) is 27.0 Å². The van der Waals surface area contributed by atoms with Crippen molar-refractivity contribution in [3.63, 3.8) is 0 Å². The highest BCUT2D eigenvalue weighted by atomic mass is 19.1. The fourth-order valence-corrected chi connectivity index (χ4v) is 1.27. The van der Waals surface area contributed by atoms with Gasteiger partial charge in [0.1, 0.15) is 7.85 Å². The van der Waals surface area contributed by atoms with Gasteiger partial charge in [-0.1, -0.05) is 11.5 Å². The Bertz CT molecular complexity index is 382. The summed E-state index contributed by atoms with van der Waals surface area (Å²) in [7, 11) is 5.40. The number of hydrogen-bond donors (Lipinski definition) is 0. The van der Waals surface area contributed by atoms with Crippen molar-refractivity contribution in [1.82, 2.24) is 0 Å². The molecule has 0 aromatic heterocycles. The van der Waals surface area contributed by atoms with Gasteiger partial charge < -0.3 is 9.47 Å². The van der Waals surface area contributed by atoms with Crippen LogP contribution < -0.4 is 10.2 Å². The second-order valence-corrected chi connectivity index (χ2v) is 3.45. The molecule has 1 aromatic carbocycles. The summed E-state index contributed by atoms with van der Waals surface area (Å²) in [4.78, 5) is 11.0. The van der Waals surface area contributed by atoms with E-state index in [4.69, 9.17) is 17.3 Å². The Morgan fingerprint density at radius 3 is 2.88 bits per heavy atom. The molecule has 0 atom stereocenters. The Kier molecular flexibility index (Phi) is 5.53. The van der Waals surface area contributed by atoms with Crippen LogP contribution >= 0.6 is 0 Å². The highest BCUT2D eigenvalue weighted by molar-refractivity contribution is 6.32. The van der Waals surface area contributed by atoms with E-state index in [9.17, 15) is 9.18 Å². The molecule has 17 heavy (non-hydrogen) atoms. The van der Waals surface area contributed by atoms with Gasteiger partial charge >= 0.3 is 5.97 Å². The molecule has 0 saturated carbocycles. The molecule has 2 radical (unpaired) electrons. The standard InChI is InChI=1S/C12H14BFO3/c1-2-16-12(15)4-3-7-17-11-6-5-9(13)8-10(11)14/h5-6,8H,2-4,7H2,1H3. The summed E-state index contributed by atoms with van der Waals surface area (Å²) in [6.07, 6.45) is 0.757. The second-order valence-electron chi connectivity index (χ2n) is 3.45. The fraction of sp³-hybridized carbons (Fsp3) is 0.417. The van der Waals surface area contributed by atoms with E-state index in [2.05, 4.69) is 0 Å². The average Bonchev–Trinajstić information content (AvgIpc) is 2.27. The van der Waals surface area contributed by atoms with Crippen LogP contribution in [0.3, 0.4) is 0 Å². The van der Waals surface area contributed by atoms with E-state index in [-0.39, 0.29) is 24.7 Å². The van der Waals surface area contributed by atoms with Gasteiger partial charge in [0.2, 0.25) is 0 Å². The quantitative estimate of drug-likeness (QED) is 0.424. The zero-order valence-electron chi connectivity index (χ0n) is 9.74. The molecule has 0 N–H and O–H groups in total. The predicted octanol–water partition coefficient (Wildman–Crippen LogP) is 1.34. The first-order chi connectivity index (χ1) is 8.13. The molecule has 0 aliphatic heterocycles. The zero-order chi connectivity index (χ0) is 12.7. The number of halogens is 1. The summed E-state index contributed by atoms with van der Waals surface area (Å²) in [5.41, 5.74) is 0.348. The SMILES string of the molecule is [B]c1ccc(OCCCC(=O)OCC)c(F)c1. The number of hydrogen-bond acceptors (Lipinski definition) is 3. The minimum absolute atomic E-state index is 0.142. The van der Waals surface area contributed by atoms with Crippen LogP contribution in [0.4, 0.5) is 4.39 Å². The normalized spacial score (nSPS) is 10.0. The van der Waals surface area contributed by atoms with Crippen LogP contribution in [0.25, 0.3) is 0 Å². The Morgan fingerprint density at radius 1 is 1.47 bits per heavy atom. The third-order valence-electron chi connectivity index (χ3n) is 2.04. The first-order valence-electron chi connectivity index (χ1n) is 5.47. The summed E-state index contributed by atoms with van der Waals surface area (Å²) >= 11 is 0. The maximum atomic E-state index is 13.3. The number of benzene rings is 1. The van der Waals surface area contributed by atoms with Gasteiger partial charge in [-0.25, -0.2) is 4.39 Å². The number of ether oxygens (including phenoxy) is 2. The third kappa shape index (κ3) is 4.89. The maximum absolute atomic E-state index is 13.3. The summed E-state index contributed by atoms with van der Waals surface area (Å²) in [6, 6.07) is 4.22. The Balaban J connectivity index is 2.29. The molecule has 0 amide bonds. The van der Waals surface area contributed by atoms with Crippen molar-refractivity contribution in [1.29, 1.82) is 0 Å². The van der Waals surface area contributed by atoms with E-state index < -0.39 is 5.82 Å². The van der Waals surface area contributed by atoms with Crippen molar-refractivity contribution in [3.05, 3.63) is 24.0 Å². The molecular weight excluding hydrogens is 222 g/mol. The lowest BCUT2D eigenvalue weighted by Gasteiger charge is -2.07. The molecule has 5 heteroatoms. The lowest BCUT2D eigenvalue weighted by molar-refractivity contribution is -0.143. The number of esters is 1. The molecule has 1 rings (SSSR count). The van der Waals surface area contributed by atoms with E-state index in [0.29, 0.717) is 18.5 Å². The van der Waals surface area contributed by atoms with E-state index in [0.717, 1.165) is 0 Å². The third-order valence-corrected chi connectivity index (χ3v) is 2.04. The van der Waals surface area contributed by atoms with Gasteiger partial charge in [-0.3, -0.25) is 4.79 Å². The predicted molar refractivity (Wildman–Crippen MR) is 63.2 cm³/mol. The Hall–Kier alpha value is -1.52. The van der Waals surface area contributed by atoms with Crippen molar-refractivity contribution in [2.75, 3.05) is 13.2 Å². The molecule has 90 valence electrons. The number of rotatable bonds is 6. The van der Waals surface area contributed by atoms with Gasteiger partial charge in [0.25, 0.3) is 0 Å². The van der Waals surface area contributed by atoms with Crippen molar-refractivity contribution in [2.24, 2.45) is 0 Å². The van der Waals surface area contributed by atoms with Crippen LogP contribution in [-0.2, 0) is 9.53 Å². The topological polar surface area (TPSA) is 35.5 Å². The molecule has 0 saturated heterocycles. The lowest BCUT2D eigenvalue weighted by atomic mass is 9.96. The highest BCUT2D eigenvalue weighted by Crippen LogP contribution is 2.14. The smallest absolute Gasteiger partial charge is 0.305 e. The summed E-state index contributed by atoms with van der Waals surface area (Å²) in [6.45, 7) is 2.38. The van der Waals surface area contributed by atoms with Crippen molar-refractivity contribution >= 4 is 19.3 Å². The van der Waals surface area contributed by atoms with Gasteiger partial charge in [0.05, 0.1) is 13.2 Å². The fourth-order valence-electron chi connectivity index (χ4n) is 1.27. The number of carbonyl (C=O) groups is 1. The summed E-state index contributed by atoms with van der Waals surface area (Å²) in [5, 5.41) is 0. The molecule has 0 heterocycles. The van der Waals surface area contributed by atoms with Gasteiger partial charge in [0, 0.05) is 6.42 Å². The monoisotopic (exact) mass is 236 g/mol. The van der Waals surface area contributed by atoms with Crippen LogP contribution in [0.1, 0.15) is 19.8 Å². The highest BCUT2D eigenvalue weighted by Gasteiger charge is 2.04. The van der Waals surface area contributed by atoms with Crippen molar-refractivity contribution in [2.45, 2.75) is 19.8 Å². The molecule has 1 aromatic rings. The van der Waals surface area contributed by atoms with E-state index in [1.807, 2.05) is 0 Å². The zero-order valence-corrected chi connectivity index (χ0v) is 9.74. The largest absolute Gasteiger partial charge is 0.491 e. The van der Waals surface area contributed by atoms with Gasteiger partial charge in [-0.15, -0.1) is 0 Å². The van der Waals surface area contributed by atoms with E-state index in [1.54, 1.807) is 13.0 Å². The molecule has 0 bridgehead atoms. The van der Waals surface area contributed by atoms with Gasteiger partial charge in [-0.05, 0) is 25.5 Å². The van der Waals surface area contributed by atoms with Crippen LogP contribution in [0, 0.1) is 5.82 Å². The maximum Gasteiger partial charge on any atom is 0.305 e.